The highest BCUT2D eigenvalue weighted by Gasteiger charge is 2.48. The zero-order valence-electron chi connectivity index (χ0n) is 16.7. The Hall–Kier alpha value is -1.59. The zero-order chi connectivity index (χ0) is 19.0. The molecule has 1 aliphatic carbocycles. The molecular formula is C21H34N2O3. The van der Waals surface area contributed by atoms with E-state index in [0.29, 0.717) is 19.1 Å². The Morgan fingerprint density at radius 3 is 2.35 bits per heavy atom. The van der Waals surface area contributed by atoms with Crippen molar-refractivity contribution in [2.75, 3.05) is 38.2 Å². The Balaban J connectivity index is 1.86. The summed E-state index contributed by atoms with van der Waals surface area (Å²) in [5.74, 6) is 1.10. The highest BCUT2D eigenvalue weighted by atomic mass is 16.5. The molecule has 5 nitrogen and oxygen atoms in total. The molecule has 26 heavy (non-hydrogen) atoms. The van der Waals surface area contributed by atoms with Crippen LogP contribution in [0, 0.1) is 5.92 Å². The van der Waals surface area contributed by atoms with Crippen molar-refractivity contribution in [3.05, 3.63) is 24.3 Å². The summed E-state index contributed by atoms with van der Waals surface area (Å²) in [6.45, 7) is 12.5. The van der Waals surface area contributed by atoms with Crippen molar-refractivity contribution in [2.45, 2.75) is 52.6 Å². The molecule has 1 saturated carbocycles. The third-order valence-electron chi connectivity index (χ3n) is 5.10. The number of rotatable bonds is 12. The van der Waals surface area contributed by atoms with Gasteiger partial charge in [-0.25, -0.2) is 0 Å². The van der Waals surface area contributed by atoms with Crippen LogP contribution in [-0.4, -0.2) is 49.3 Å². The number of likely N-dealkylation sites (N-methyl/N-ethyl adjacent to an activating group) is 1. The van der Waals surface area contributed by atoms with Gasteiger partial charge in [-0.2, -0.15) is 0 Å². The maximum absolute atomic E-state index is 12.7. The summed E-state index contributed by atoms with van der Waals surface area (Å²) in [4.78, 5) is 15.1. The van der Waals surface area contributed by atoms with E-state index in [4.69, 9.17) is 9.47 Å². The second kappa shape index (κ2) is 9.93. The number of ether oxygens (including phenoxy) is 2. The second-order valence-electron chi connectivity index (χ2n) is 7.08. The lowest BCUT2D eigenvalue weighted by Crippen LogP contribution is -2.45. The molecule has 0 saturated heterocycles. The van der Waals surface area contributed by atoms with Crippen LogP contribution >= 0.6 is 0 Å². The van der Waals surface area contributed by atoms with Crippen molar-refractivity contribution in [2.24, 2.45) is 5.92 Å². The molecule has 1 aromatic carbocycles. The molecule has 146 valence electrons. The van der Waals surface area contributed by atoms with Gasteiger partial charge >= 0.3 is 0 Å². The summed E-state index contributed by atoms with van der Waals surface area (Å²) in [7, 11) is 0. The Labute approximate surface area is 158 Å². The van der Waals surface area contributed by atoms with Crippen molar-refractivity contribution in [1.82, 2.24) is 4.90 Å². The van der Waals surface area contributed by atoms with Crippen LogP contribution in [0.4, 0.5) is 5.69 Å². The van der Waals surface area contributed by atoms with Crippen molar-refractivity contribution in [3.63, 3.8) is 0 Å². The minimum atomic E-state index is -0.727. The fourth-order valence-electron chi connectivity index (χ4n) is 3.04. The van der Waals surface area contributed by atoms with E-state index in [9.17, 15) is 4.79 Å². The van der Waals surface area contributed by atoms with Crippen molar-refractivity contribution >= 4 is 11.6 Å². The molecule has 1 N–H and O–H groups in total. The highest BCUT2D eigenvalue weighted by Crippen LogP contribution is 2.42. The van der Waals surface area contributed by atoms with E-state index >= 15 is 0 Å². The summed E-state index contributed by atoms with van der Waals surface area (Å²) < 4.78 is 11.7. The minimum absolute atomic E-state index is 0.0522. The molecule has 2 rings (SSSR count). The molecule has 1 aliphatic rings. The standard InChI is InChI=1S/C21H34N2O3/c1-5-15-26-21(4,17-8-9-17)20(24)22-18-10-12-19(13-11-18)25-16-14-23(6-2)7-3/h10-13,17H,5-9,14-16H2,1-4H3,(H,22,24)/t21-/m1/s1. The lowest BCUT2D eigenvalue weighted by Gasteiger charge is -2.28. The van der Waals surface area contributed by atoms with Gasteiger partial charge in [0.15, 0.2) is 0 Å². The molecule has 5 heteroatoms. The van der Waals surface area contributed by atoms with Gasteiger partial charge in [0.05, 0.1) is 0 Å². The number of carbonyl (C=O) groups excluding carboxylic acids is 1. The van der Waals surface area contributed by atoms with Crippen LogP contribution in [0.15, 0.2) is 24.3 Å². The van der Waals surface area contributed by atoms with Crippen LogP contribution in [0.25, 0.3) is 0 Å². The monoisotopic (exact) mass is 362 g/mol. The van der Waals surface area contributed by atoms with Gasteiger partial charge < -0.3 is 19.7 Å². The van der Waals surface area contributed by atoms with Gasteiger partial charge in [-0.15, -0.1) is 0 Å². The molecule has 1 amide bonds. The molecule has 1 atom stereocenters. The molecule has 0 aliphatic heterocycles. The summed E-state index contributed by atoms with van der Waals surface area (Å²) in [6, 6.07) is 7.58. The molecular weight excluding hydrogens is 328 g/mol. The van der Waals surface area contributed by atoms with E-state index in [-0.39, 0.29) is 5.91 Å². The van der Waals surface area contributed by atoms with Gasteiger partial charge in [0.2, 0.25) is 0 Å². The molecule has 1 aromatic rings. The van der Waals surface area contributed by atoms with Crippen LogP contribution in [0.5, 0.6) is 5.75 Å². The third-order valence-corrected chi connectivity index (χ3v) is 5.10. The van der Waals surface area contributed by atoms with Crippen LogP contribution in [0.2, 0.25) is 0 Å². The average Bonchev–Trinajstić information content (AvgIpc) is 3.50. The fraction of sp³-hybridized carbons (Fsp3) is 0.667. The van der Waals surface area contributed by atoms with Crippen molar-refractivity contribution in [3.8, 4) is 5.75 Å². The predicted molar refractivity (Wildman–Crippen MR) is 106 cm³/mol. The second-order valence-corrected chi connectivity index (χ2v) is 7.08. The minimum Gasteiger partial charge on any atom is -0.492 e. The first-order valence-corrected chi connectivity index (χ1v) is 9.94. The lowest BCUT2D eigenvalue weighted by molar-refractivity contribution is -0.142. The number of hydrogen-bond acceptors (Lipinski definition) is 4. The number of nitrogens with one attached hydrogen (secondary N) is 1. The Kier molecular flexibility index (Phi) is 7.91. The van der Waals surface area contributed by atoms with Gasteiger partial charge in [0.1, 0.15) is 18.0 Å². The number of hydrogen-bond donors (Lipinski definition) is 1. The molecule has 0 aromatic heterocycles. The smallest absolute Gasteiger partial charge is 0.256 e. The van der Waals surface area contributed by atoms with Crippen LogP contribution < -0.4 is 10.1 Å². The summed E-state index contributed by atoms with van der Waals surface area (Å²) in [6.07, 6.45) is 3.04. The van der Waals surface area contributed by atoms with Crippen molar-refractivity contribution < 1.29 is 14.3 Å². The number of anilines is 1. The number of carbonyl (C=O) groups is 1. The Bertz CT molecular complexity index is 553. The lowest BCUT2D eigenvalue weighted by atomic mass is 9.98. The van der Waals surface area contributed by atoms with Gasteiger partial charge in [-0.3, -0.25) is 4.79 Å². The molecule has 0 radical (unpaired) electrons. The van der Waals surface area contributed by atoms with Gasteiger partial charge in [0, 0.05) is 18.8 Å². The third kappa shape index (κ3) is 5.71. The summed E-state index contributed by atoms with van der Waals surface area (Å²) in [5, 5.41) is 3.00. The number of amides is 1. The maximum Gasteiger partial charge on any atom is 0.256 e. The van der Waals surface area contributed by atoms with Gasteiger partial charge in [-0.05, 0) is 69.5 Å². The SMILES string of the molecule is CCCO[C@@](C)(C(=O)Nc1ccc(OCCN(CC)CC)cc1)C1CC1. The Morgan fingerprint density at radius 2 is 1.81 bits per heavy atom. The van der Waals surface area contributed by atoms with E-state index in [1.807, 2.05) is 31.2 Å². The summed E-state index contributed by atoms with van der Waals surface area (Å²) >= 11 is 0. The van der Waals surface area contributed by atoms with E-state index in [1.165, 1.54) is 0 Å². The first kappa shape index (κ1) is 20.7. The van der Waals surface area contributed by atoms with E-state index in [2.05, 4.69) is 31.0 Å². The van der Waals surface area contributed by atoms with Crippen LogP contribution in [-0.2, 0) is 9.53 Å². The summed E-state index contributed by atoms with van der Waals surface area (Å²) in [5.41, 5.74) is 0.0488. The molecule has 0 unspecified atom stereocenters. The molecule has 0 heterocycles. The maximum atomic E-state index is 12.7. The average molecular weight is 363 g/mol. The first-order chi connectivity index (χ1) is 12.5. The fourth-order valence-corrected chi connectivity index (χ4v) is 3.04. The number of benzene rings is 1. The normalized spacial score (nSPS) is 16.3. The zero-order valence-corrected chi connectivity index (χ0v) is 16.7. The predicted octanol–water partition coefficient (Wildman–Crippen LogP) is 3.94. The molecule has 1 fully saturated rings. The molecule has 0 bridgehead atoms. The Morgan fingerprint density at radius 1 is 1.15 bits per heavy atom. The van der Waals surface area contributed by atoms with Crippen LogP contribution in [0.1, 0.15) is 47.0 Å². The van der Waals surface area contributed by atoms with Crippen LogP contribution in [0.3, 0.4) is 0 Å². The topological polar surface area (TPSA) is 50.8 Å². The van der Waals surface area contributed by atoms with E-state index < -0.39 is 5.60 Å². The van der Waals surface area contributed by atoms with Gasteiger partial charge in [-0.1, -0.05) is 20.8 Å². The molecule has 0 spiro atoms. The van der Waals surface area contributed by atoms with Gasteiger partial charge in [0.25, 0.3) is 5.91 Å². The number of nitrogens with zero attached hydrogens (tertiary/aromatic N) is 1. The largest absolute Gasteiger partial charge is 0.492 e. The first-order valence-electron chi connectivity index (χ1n) is 9.94. The van der Waals surface area contributed by atoms with Crippen molar-refractivity contribution in [1.29, 1.82) is 0 Å². The van der Waals surface area contributed by atoms with E-state index in [0.717, 1.165) is 50.3 Å². The van der Waals surface area contributed by atoms with E-state index in [1.54, 1.807) is 0 Å². The quantitative estimate of drug-likeness (QED) is 0.612. The highest BCUT2D eigenvalue weighted by molar-refractivity contribution is 5.97.